The van der Waals surface area contributed by atoms with Crippen molar-refractivity contribution in [3.05, 3.63) is 23.8 Å². The lowest BCUT2D eigenvalue weighted by molar-refractivity contribution is -0.115. The average Bonchev–Trinajstić information content (AvgIpc) is 2.92. The van der Waals surface area contributed by atoms with E-state index in [1.807, 2.05) is 19.9 Å². The fourth-order valence-electron chi connectivity index (χ4n) is 2.39. The molecule has 0 atom stereocenters. The van der Waals surface area contributed by atoms with Crippen molar-refractivity contribution in [2.24, 2.45) is 0 Å². The fraction of sp³-hybridized carbons (Fsp3) is 0.533. The first kappa shape index (κ1) is 13.9. The summed E-state index contributed by atoms with van der Waals surface area (Å²) in [6, 6.07) is 6.27. The lowest BCUT2D eigenvalue weighted by Gasteiger charge is -2.19. The van der Waals surface area contributed by atoms with Crippen LogP contribution in [0.4, 0.5) is 11.4 Å². The minimum absolute atomic E-state index is 0.0128. The lowest BCUT2D eigenvalue weighted by Crippen LogP contribution is -2.28. The Balaban J connectivity index is 2.00. The molecule has 4 heteroatoms. The molecule has 1 saturated heterocycles. The minimum Gasteiger partial charge on any atom is -0.372 e. The first-order chi connectivity index (χ1) is 9.20. The van der Waals surface area contributed by atoms with Crippen LogP contribution in [0.25, 0.3) is 0 Å². The first-order valence-corrected chi connectivity index (χ1v) is 7.07. The summed E-state index contributed by atoms with van der Waals surface area (Å²) in [5, 5.41) is 5.97. The highest BCUT2D eigenvalue weighted by molar-refractivity contribution is 5.93. The highest BCUT2D eigenvalue weighted by atomic mass is 16.1. The van der Waals surface area contributed by atoms with Gasteiger partial charge in [0.15, 0.2) is 0 Å². The average molecular weight is 261 g/mol. The molecule has 0 aromatic heterocycles. The Hall–Kier alpha value is -1.55. The second kappa shape index (κ2) is 6.57. The van der Waals surface area contributed by atoms with Gasteiger partial charge in [0, 0.05) is 24.5 Å². The van der Waals surface area contributed by atoms with Gasteiger partial charge in [-0.05, 0) is 50.1 Å². The largest absolute Gasteiger partial charge is 0.372 e. The summed E-state index contributed by atoms with van der Waals surface area (Å²) in [6.45, 7) is 7.49. The van der Waals surface area contributed by atoms with Gasteiger partial charge in [-0.2, -0.15) is 0 Å². The number of rotatable bonds is 5. The van der Waals surface area contributed by atoms with E-state index in [0.29, 0.717) is 6.54 Å². The van der Waals surface area contributed by atoms with Gasteiger partial charge in [0.1, 0.15) is 0 Å². The fourth-order valence-corrected chi connectivity index (χ4v) is 2.39. The normalized spacial score (nSPS) is 14.7. The highest BCUT2D eigenvalue weighted by Crippen LogP contribution is 2.25. The predicted molar refractivity (Wildman–Crippen MR) is 79.8 cm³/mol. The molecule has 1 aliphatic rings. The summed E-state index contributed by atoms with van der Waals surface area (Å²) in [6.07, 6.45) is 2.56. The summed E-state index contributed by atoms with van der Waals surface area (Å²) in [5.41, 5.74) is 3.29. The maximum absolute atomic E-state index is 11.7. The molecular weight excluding hydrogens is 238 g/mol. The molecule has 0 saturated carbocycles. The third kappa shape index (κ3) is 3.70. The number of carbonyl (C=O) groups excluding carboxylic acids is 1. The number of nitrogens with one attached hydrogen (secondary N) is 2. The van der Waals surface area contributed by atoms with Gasteiger partial charge in [-0.1, -0.05) is 6.92 Å². The SMILES string of the molecule is CCNCC(=O)Nc1ccc(N2CCCC2)cc1C. The molecule has 1 aromatic carbocycles. The highest BCUT2D eigenvalue weighted by Gasteiger charge is 2.13. The van der Waals surface area contributed by atoms with Crippen LogP contribution in [-0.4, -0.2) is 32.1 Å². The number of hydrogen-bond acceptors (Lipinski definition) is 3. The van der Waals surface area contributed by atoms with Gasteiger partial charge < -0.3 is 15.5 Å². The Labute approximate surface area is 115 Å². The van der Waals surface area contributed by atoms with Crippen LogP contribution in [0.3, 0.4) is 0 Å². The second-order valence-corrected chi connectivity index (χ2v) is 5.02. The van der Waals surface area contributed by atoms with Crippen molar-refractivity contribution in [2.45, 2.75) is 26.7 Å². The van der Waals surface area contributed by atoms with Crippen molar-refractivity contribution in [3.63, 3.8) is 0 Å². The molecule has 0 radical (unpaired) electrons. The number of carbonyl (C=O) groups is 1. The Morgan fingerprint density at radius 3 is 2.68 bits per heavy atom. The number of amides is 1. The van der Waals surface area contributed by atoms with Gasteiger partial charge in [0.25, 0.3) is 0 Å². The molecule has 0 aliphatic carbocycles. The molecule has 2 N–H and O–H groups in total. The zero-order valence-electron chi connectivity index (χ0n) is 11.8. The van der Waals surface area contributed by atoms with Crippen LogP contribution >= 0.6 is 0 Å². The van der Waals surface area contributed by atoms with E-state index in [2.05, 4.69) is 27.7 Å². The summed E-state index contributed by atoms with van der Waals surface area (Å²) in [7, 11) is 0. The Bertz CT molecular complexity index is 439. The molecule has 0 unspecified atom stereocenters. The van der Waals surface area contributed by atoms with E-state index in [0.717, 1.165) is 30.9 Å². The number of anilines is 2. The van der Waals surface area contributed by atoms with Gasteiger partial charge in [-0.25, -0.2) is 0 Å². The van der Waals surface area contributed by atoms with Crippen molar-refractivity contribution in [1.82, 2.24) is 5.32 Å². The van der Waals surface area contributed by atoms with E-state index in [1.54, 1.807) is 0 Å². The van der Waals surface area contributed by atoms with E-state index in [-0.39, 0.29) is 5.91 Å². The van der Waals surface area contributed by atoms with Crippen LogP contribution in [0.1, 0.15) is 25.3 Å². The molecule has 0 spiro atoms. The van der Waals surface area contributed by atoms with E-state index < -0.39 is 0 Å². The Morgan fingerprint density at radius 1 is 1.32 bits per heavy atom. The van der Waals surface area contributed by atoms with Gasteiger partial charge in [0.05, 0.1) is 6.54 Å². The van der Waals surface area contributed by atoms with E-state index in [1.165, 1.54) is 18.5 Å². The van der Waals surface area contributed by atoms with Crippen LogP contribution in [0, 0.1) is 6.92 Å². The quantitative estimate of drug-likeness (QED) is 0.853. The molecule has 19 heavy (non-hydrogen) atoms. The second-order valence-electron chi connectivity index (χ2n) is 5.02. The topological polar surface area (TPSA) is 44.4 Å². The van der Waals surface area contributed by atoms with Gasteiger partial charge in [-0.3, -0.25) is 4.79 Å². The minimum atomic E-state index is 0.0128. The third-order valence-corrected chi connectivity index (χ3v) is 3.49. The predicted octanol–water partition coefficient (Wildman–Crippen LogP) is 2.14. The van der Waals surface area contributed by atoms with Gasteiger partial charge in [-0.15, -0.1) is 0 Å². The monoisotopic (exact) mass is 261 g/mol. The molecular formula is C15H23N3O. The lowest BCUT2D eigenvalue weighted by atomic mass is 10.1. The first-order valence-electron chi connectivity index (χ1n) is 7.07. The molecule has 1 heterocycles. The Kier molecular flexibility index (Phi) is 4.80. The van der Waals surface area contributed by atoms with Gasteiger partial charge in [0.2, 0.25) is 5.91 Å². The standard InChI is InChI=1S/C15H23N3O/c1-3-16-11-15(19)17-14-7-6-13(10-12(14)2)18-8-4-5-9-18/h6-7,10,16H,3-5,8-9,11H2,1-2H3,(H,17,19). The summed E-state index contributed by atoms with van der Waals surface area (Å²) < 4.78 is 0. The number of aryl methyl sites for hydroxylation is 1. The number of nitrogens with zero attached hydrogens (tertiary/aromatic N) is 1. The van der Waals surface area contributed by atoms with Crippen LogP contribution in [0.15, 0.2) is 18.2 Å². The third-order valence-electron chi connectivity index (χ3n) is 3.49. The van der Waals surface area contributed by atoms with Crippen LogP contribution in [-0.2, 0) is 4.79 Å². The molecule has 104 valence electrons. The summed E-state index contributed by atoms with van der Waals surface area (Å²) >= 11 is 0. The molecule has 2 rings (SSSR count). The number of likely N-dealkylation sites (N-methyl/N-ethyl adjacent to an activating group) is 1. The van der Waals surface area contributed by atoms with E-state index >= 15 is 0 Å². The van der Waals surface area contributed by atoms with Crippen molar-refractivity contribution in [1.29, 1.82) is 0 Å². The molecule has 1 amide bonds. The molecule has 1 aliphatic heterocycles. The smallest absolute Gasteiger partial charge is 0.238 e. The van der Waals surface area contributed by atoms with Crippen molar-refractivity contribution in [2.75, 3.05) is 36.4 Å². The molecule has 1 fully saturated rings. The van der Waals surface area contributed by atoms with Crippen LogP contribution in [0.5, 0.6) is 0 Å². The molecule has 1 aromatic rings. The number of hydrogen-bond donors (Lipinski definition) is 2. The van der Waals surface area contributed by atoms with Crippen molar-refractivity contribution >= 4 is 17.3 Å². The van der Waals surface area contributed by atoms with Crippen LogP contribution < -0.4 is 15.5 Å². The van der Waals surface area contributed by atoms with Crippen molar-refractivity contribution < 1.29 is 4.79 Å². The maximum Gasteiger partial charge on any atom is 0.238 e. The van der Waals surface area contributed by atoms with Crippen LogP contribution in [0.2, 0.25) is 0 Å². The summed E-state index contributed by atoms with van der Waals surface area (Å²) in [5.74, 6) is 0.0128. The zero-order chi connectivity index (χ0) is 13.7. The Morgan fingerprint density at radius 2 is 2.05 bits per heavy atom. The maximum atomic E-state index is 11.7. The molecule has 4 nitrogen and oxygen atoms in total. The number of benzene rings is 1. The van der Waals surface area contributed by atoms with Crippen molar-refractivity contribution in [3.8, 4) is 0 Å². The zero-order valence-corrected chi connectivity index (χ0v) is 11.8. The van der Waals surface area contributed by atoms with Gasteiger partial charge >= 0.3 is 0 Å². The van der Waals surface area contributed by atoms with E-state index in [4.69, 9.17) is 0 Å². The summed E-state index contributed by atoms with van der Waals surface area (Å²) in [4.78, 5) is 14.1. The molecule has 0 bridgehead atoms. The van der Waals surface area contributed by atoms with E-state index in [9.17, 15) is 4.79 Å².